The van der Waals surface area contributed by atoms with Crippen LogP contribution in [0.3, 0.4) is 0 Å². The average Bonchev–Trinajstić information content (AvgIpc) is 2.14. The minimum atomic E-state index is -3.70. The maximum absolute atomic E-state index is 13.5. The third-order valence-electron chi connectivity index (χ3n) is 2.04. The molecular weight excluding hydrogens is 313 g/mol. The van der Waals surface area contributed by atoms with E-state index in [-0.39, 0.29) is 5.56 Å². The van der Waals surface area contributed by atoms with Crippen molar-refractivity contribution < 1.29 is 17.6 Å². The van der Waals surface area contributed by atoms with Gasteiger partial charge in [0.1, 0.15) is 5.82 Å². The molecule has 1 rings (SSSR count). The fourth-order valence-corrected chi connectivity index (χ4v) is 2.30. The van der Waals surface area contributed by atoms with E-state index in [4.69, 9.17) is 0 Å². The molecule has 0 unspecified atom stereocenters. The molecule has 0 heterocycles. The van der Waals surface area contributed by atoms with Crippen molar-refractivity contribution in [2.75, 3.05) is 6.26 Å². The second-order valence-electron chi connectivity index (χ2n) is 3.48. The number of rotatable bonds is 3. The summed E-state index contributed by atoms with van der Waals surface area (Å²) in [6.07, 6.45) is 1.43. The summed E-state index contributed by atoms with van der Waals surface area (Å²) in [7, 11) is -3.70. The van der Waals surface area contributed by atoms with Gasteiger partial charge in [-0.25, -0.2) is 17.5 Å². The molecule has 0 atom stereocenters. The Kier molecular flexibility index (Phi) is 4.26. The van der Waals surface area contributed by atoms with Crippen LogP contribution in [0.15, 0.2) is 16.6 Å². The van der Waals surface area contributed by atoms with Gasteiger partial charge < -0.3 is 0 Å². The van der Waals surface area contributed by atoms with Crippen LogP contribution in [0.25, 0.3) is 0 Å². The van der Waals surface area contributed by atoms with Gasteiger partial charge in [0, 0.05) is 4.47 Å². The van der Waals surface area contributed by atoms with Crippen LogP contribution < -0.4 is 4.72 Å². The zero-order valence-corrected chi connectivity index (χ0v) is 11.7. The molecule has 0 spiro atoms. The van der Waals surface area contributed by atoms with Gasteiger partial charge in [0.15, 0.2) is 0 Å². The molecule has 0 radical (unpaired) electrons. The summed E-state index contributed by atoms with van der Waals surface area (Å²) >= 11 is 3.16. The quantitative estimate of drug-likeness (QED) is 0.923. The Bertz CT molecular complexity index is 557. The fraction of sp³-hybridized carbons (Fsp3) is 0.300. The van der Waals surface area contributed by atoms with E-state index in [1.807, 2.05) is 6.92 Å². The average molecular weight is 324 g/mol. The Morgan fingerprint density at radius 1 is 1.47 bits per heavy atom. The maximum Gasteiger partial charge on any atom is 0.267 e. The van der Waals surface area contributed by atoms with E-state index in [2.05, 4.69) is 15.9 Å². The van der Waals surface area contributed by atoms with Crippen LogP contribution >= 0.6 is 15.9 Å². The van der Waals surface area contributed by atoms with Crippen LogP contribution in [-0.2, 0) is 16.4 Å². The van der Waals surface area contributed by atoms with E-state index < -0.39 is 21.7 Å². The number of carbonyl (C=O) groups is 1. The Balaban J connectivity index is 3.18. The molecular formula is C10H11BrFNO3S. The predicted octanol–water partition coefficient (Wildman–Crippen LogP) is 1.84. The van der Waals surface area contributed by atoms with Crippen molar-refractivity contribution in [2.45, 2.75) is 13.3 Å². The monoisotopic (exact) mass is 323 g/mol. The lowest BCUT2D eigenvalue weighted by atomic mass is 10.1. The summed E-state index contributed by atoms with van der Waals surface area (Å²) < 4.78 is 37.5. The molecule has 94 valence electrons. The summed E-state index contributed by atoms with van der Waals surface area (Å²) in [6.45, 7) is 1.84. The smallest absolute Gasteiger partial charge is 0.267 e. The molecule has 4 nitrogen and oxygen atoms in total. The lowest BCUT2D eigenvalue weighted by Crippen LogP contribution is -2.30. The first-order chi connectivity index (χ1) is 7.74. The van der Waals surface area contributed by atoms with E-state index in [0.29, 0.717) is 10.9 Å². The summed E-state index contributed by atoms with van der Waals surface area (Å²) in [5.41, 5.74) is 0.445. The number of nitrogens with one attached hydrogen (secondary N) is 1. The topological polar surface area (TPSA) is 63.2 Å². The van der Waals surface area contributed by atoms with Gasteiger partial charge >= 0.3 is 0 Å². The minimum Gasteiger partial charge on any atom is -0.268 e. The molecule has 0 bridgehead atoms. The first-order valence-electron chi connectivity index (χ1n) is 4.74. The van der Waals surface area contributed by atoms with Crippen molar-refractivity contribution in [3.8, 4) is 0 Å². The third kappa shape index (κ3) is 3.78. The van der Waals surface area contributed by atoms with Gasteiger partial charge in [0.25, 0.3) is 5.91 Å². The van der Waals surface area contributed by atoms with Gasteiger partial charge in [-0.15, -0.1) is 0 Å². The summed E-state index contributed by atoms with van der Waals surface area (Å²) in [4.78, 5) is 11.5. The van der Waals surface area contributed by atoms with Crippen LogP contribution in [0.4, 0.5) is 4.39 Å². The molecule has 1 amide bonds. The normalized spacial score (nSPS) is 11.3. The number of hydrogen-bond donors (Lipinski definition) is 1. The van der Waals surface area contributed by atoms with Gasteiger partial charge in [-0.1, -0.05) is 22.9 Å². The lowest BCUT2D eigenvalue weighted by molar-refractivity contribution is 0.0977. The van der Waals surface area contributed by atoms with Gasteiger partial charge in [0.05, 0.1) is 11.8 Å². The third-order valence-corrected chi connectivity index (χ3v) is 3.33. The highest BCUT2D eigenvalue weighted by atomic mass is 79.9. The number of sulfonamides is 1. The van der Waals surface area contributed by atoms with E-state index in [9.17, 15) is 17.6 Å². The molecule has 0 saturated heterocycles. The number of benzene rings is 1. The van der Waals surface area contributed by atoms with Gasteiger partial charge in [-0.2, -0.15) is 0 Å². The van der Waals surface area contributed by atoms with Crippen LogP contribution in [0.1, 0.15) is 22.8 Å². The molecule has 0 fully saturated rings. The molecule has 0 aliphatic carbocycles. The highest BCUT2D eigenvalue weighted by Crippen LogP contribution is 2.22. The van der Waals surface area contributed by atoms with Crippen molar-refractivity contribution in [1.29, 1.82) is 0 Å². The van der Waals surface area contributed by atoms with E-state index >= 15 is 0 Å². The second-order valence-corrected chi connectivity index (χ2v) is 6.08. The number of hydrogen-bond acceptors (Lipinski definition) is 3. The van der Waals surface area contributed by atoms with Crippen LogP contribution in [0, 0.1) is 5.82 Å². The molecule has 17 heavy (non-hydrogen) atoms. The summed E-state index contributed by atoms with van der Waals surface area (Å²) in [6, 6.07) is 2.48. The van der Waals surface area contributed by atoms with Crippen molar-refractivity contribution in [2.24, 2.45) is 0 Å². The molecule has 0 aromatic heterocycles. The number of halogens is 2. The molecule has 0 saturated carbocycles. The lowest BCUT2D eigenvalue weighted by Gasteiger charge is -2.07. The Morgan fingerprint density at radius 3 is 2.53 bits per heavy atom. The van der Waals surface area contributed by atoms with E-state index in [1.54, 1.807) is 4.72 Å². The fourth-order valence-electron chi connectivity index (χ4n) is 1.26. The first-order valence-corrected chi connectivity index (χ1v) is 7.43. The number of carbonyl (C=O) groups excluding carboxylic acids is 1. The maximum atomic E-state index is 13.5. The van der Waals surface area contributed by atoms with E-state index in [1.165, 1.54) is 6.07 Å². The number of aryl methyl sites for hydroxylation is 1. The van der Waals surface area contributed by atoms with E-state index in [0.717, 1.165) is 17.9 Å². The first kappa shape index (κ1) is 14.1. The molecule has 0 aliphatic rings. The Morgan fingerprint density at radius 2 is 2.06 bits per heavy atom. The molecule has 7 heteroatoms. The molecule has 1 aromatic rings. The predicted molar refractivity (Wildman–Crippen MR) is 65.8 cm³/mol. The highest BCUT2D eigenvalue weighted by molar-refractivity contribution is 9.10. The van der Waals surface area contributed by atoms with Crippen LogP contribution in [0.5, 0.6) is 0 Å². The Labute approximate surface area is 107 Å². The molecule has 0 aliphatic heterocycles. The van der Waals surface area contributed by atoms with Crippen molar-refractivity contribution in [1.82, 2.24) is 4.72 Å². The van der Waals surface area contributed by atoms with Crippen LogP contribution in [0.2, 0.25) is 0 Å². The van der Waals surface area contributed by atoms with Crippen molar-refractivity contribution in [3.05, 3.63) is 33.5 Å². The minimum absolute atomic E-state index is 0.282. The summed E-state index contributed by atoms with van der Waals surface area (Å²) in [5, 5.41) is 0. The summed E-state index contributed by atoms with van der Waals surface area (Å²) in [5.74, 6) is -1.73. The number of amides is 1. The van der Waals surface area contributed by atoms with Crippen molar-refractivity contribution in [3.63, 3.8) is 0 Å². The SMILES string of the molecule is CCc1cc(C(=O)NS(C)(=O)=O)c(F)cc1Br. The van der Waals surface area contributed by atoms with Gasteiger partial charge in [-0.05, 0) is 24.1 Å². The van der Waals surface area contributed by atoms with Gasteiger partial charge in [0.2, 0.25) is 10.0 Å². The standard InChI is InChI=1S/C10H11BrFNO3S/c1-3-6-4-7(9(12)5-8(6)11)10(14)13-17(2,15)16/h4-5H,3H2,1-2H3,(H,13,14). The van der Waals surface area contributed by atoms with Crippen molar-refractivity contribution >= 4 is 31.9 Å². The zero-order chi connectivity index (χ0) is 13.2. The molecule has 1 aromatic carbocycles. The Hall–Kier alpha value is -0.950. The van der Waals surface area contributed by atoms with Crippen LogP contribution in [-0.4, -0.2) is 20.6 Å². The highest BCUT2D eigenvalue weighted by Gasteiger charge is 2.17. The zero-order valence-electron chi connectivity index (χ0n) is 9.25. The largest absolute Gasteiger partial charge is 0.268 e. The van der Waals surface area contributed by atoms with Gasteiger partial charge in [-0.3, -0.25) is 4.79 Å². The second kappa shape index (κ2) is 5.14. The molecule has 1 N–H and O–H groups in total.